The van der Waals surface area contributed by atoms with Crippen molar-refractivity contribution in [3.05, 3.63) is 63.1 Å². The standard InChI is InChI=1S/C18H19Cl2N3S/c1-4-18(15-8-6-13(19)10-16(15)20)21-17(24)23(22-18)14-7-5-11(2)12(3)9-14/h5-10,22H,4H2,1-3H3,(H,21,24). The molecule has 1 unspecified atom stereocenters. The highest BCUT2D eigenvalue weighted by Crippen LogP contribution is 2.35. The van der Waals surface area contributed by atoms with Crippen LogP contribution in [0.3, 0.4) is 0 Å². The molecule has 0 bridgehead atoms. The Morgan fingerprint density at radius 1 is 1.08 bits per heavy atom. The number of thiocarbonyl (C=S) groups is 1. The number of halogens is 2. The highest BCUT2D eigenvalue weighted by Gasteiger charge is 2.42. The minimum Gasteiger partial charge on any atom is -0.338 e. The highest BCUT2D eigenvalue weighted by molar-refractivity contribution is 7.80. The summed E-state index contributed by atoms with van der Waals surface area (Å²) in [6.45, 7) is 6.27. The first kappa shape index (κ1) is 17.5. The van der Waals surface area contributed by atoms with Crippen molar-refractivity contribution in [1.29, 1.82) is 0 Å². The van der Waals surface area contributed by atoms with Gasteiger partial charge < -0.3 is 5.32 Å². The zero-order valence-corrected chi connectivity index (χ0v) is 16.1. The van der Waals surface area contributed by atoms with Crippen molar-refractivity contribution < 1.29 is 0 Å². The maximum atomic E-state index is 6.44. The number of hydrogen-bond acceptors (Lipinski definition) is 2. The number of nitrogens with one attached hydrogen (secondary N) is 2. The van der Waals surface area contributed by atoms with E-state index in [1.165, 1.54) is 11.1 Å². The third-order valence-electron chi connectivity index (χ3n) is 4.50. The third kappa shape index (κ3) is 3.00. The minimum absolute atomic E-state index is 0.558. The van der Waals surface area contributed by atoms with Crippen molar-refractivity contribution in [3.8, 4) is 0 Å². The molecule has 1 saturated heterocycles. The van der Waals surface area contributed by atoms with Gasteiger partial charge in [0.15, 0.2) is 5.11 Å². The SMILES string of the molecule is CCC1(c2ccc(Cl)cc2Cl)NC(=S)N(c2ccc(C)c(C)c2)N1. The smallest absolute Gasteiger partial charge is 0.190 e. The topological polar surface area (TPSA) is 27.3 Å². The molecule has 1 heterocycles. The van der Waals surface area contributed by atoms with E-state index in [-0.39, 0.29) is 0 Å². The molecule has 1 aliphatic heterocycles. The fraction of sp³-hybridized carbons (Fsp3) is 0.278. The van der Waals surface area contributed by atoms with E-state index in [0.717, 1.165) is 17.7 Å². The summed E-state index contributed by atoms with van der Waals surface area (Å²) in [6, 6.07) is 11.8. The molecule has 2 N–H and O–H groups in total. The molecule has 126 valence electrons. The Balaban J connectivity index is 2.00. The molecule has 2 aromatic rings. The monoisotopic (exact) mass is 379 g/mol. The van der Waals surface area contributed by atoms with Crippen LogP contribution in [0, 0.1) is 13.8 Å². The van der Waals surface area contributed by atoms with Crippen LogP contribution in [0.15, 0.2) is 36.4 Å². The van der Waals surface area contributed by atoms with Crippen LogP contribution < -0.4 is 15.8 Å². The molecule has 1 aliphatic rings. The summed E-state index contributed by atoms with van der Waals surface area (Å²) < 4.78 is 0. The molecule has 0 aromatic heterocycles. The van der Waals surface area contributed by atoms with E-state index in [1.807, 2.05) is 17.1 Å². The number of hydrogen-bond donors (Lipinski definition) is 2. The summed E-state index contributed by atoms with van der Waals surface area (Å²) in [5.74, 6) is 0. The largest absolute Gasteiger partial charge is 0.338 e. The first-order chi connectivity index (χ1) is 11.4. The van der Waals surface area contributed by atoms with Gasteiger partial charge in [0, 0.05) is 15.6 Å². The van der Waals surface area contributed by atoms with Crippen LogP contribution in [0.1, 0.15) is 30.0 Å². The number of anilines is 1. The summed E-state index contributed by atoms with van der Waals surface area (Å²) in [5, 5.41) is 7.13. The summed E-state index contributed by atoms with van der Waals surface area (Å²) >= 11 is 18.0. The second kappa shape index (κ2) is 6.52. The average molecular weight is 380 g/mol. The van der Waals surface area contributed by atoms with Crippen LogP contribution in [-0.4, -0.2) is 5.11 Å². The Hall–Kier alpha value is -1.33. The predicted molar refractivity (Wildman–Crippen MR) is 106 cm³/mol. The van der Waals surface area contributed by atoms with Gasteiger partial charge in [0.1, 0.15) is 5.66 Å². The van der Waals surface area contributed by atoms with Gasteiger partial charge in [-0.1, -0.05) is 42.3 Å². The fourth-order valence-electron chi connectivity index (χ4n) is 2.88. The van der Waals surface area contributed by atoms with Gasteiger partial charge >= 0.3 is 0 Å². The molecule has 1 atom stereocenters. The Bertz CT molecular complexity index is 809. The van der Waals surface area contributed by atoms with Crippen LogP contribution in [0.5, 0.6) is 0 Å². The lowest BCUT2D eigenvalue weighted by Crippen LogP contribution is -2.48. The third-order valence-corrected chi connectivity index (χ3v) is 5.33. The zero-order chi connectivity index (χ0) is 17.5. The predicted octanol–water partition coefficient (Wildman–Crippen LogP) is 5.07. The molecule has 3 rings (SSSR count). The molecular formula is C18H19Cl2N3S. The molecule has 0 aliphatic carbocycles. The summed E-state index contributed by atoms with van der Waals surface area (Å²) in [7, 11) is 0. The van der Waals surface area contributed by atoms with E-state index in [4.69, 9.17) is 35.4 Å². The first-order valence-corrected chi connectivity index (χ1v) is 8.95. The molecule has 24 heavy (non-hydrogen) atoms. The second-order valence-corrected chi connectivity index (χ2v) is 7.26. The maximum absolute atomic E-state index is 6.44. The molecule has 0 radical (unpaired) electrons. The molecule has 2 aromatic carbocycles. The summed E-state index contributed by atoms with van der Waals surface area (Å²) in [4.78, 5) is 0. The minimum atomic E-state index is -0.558. The van der Waals surface area contributed by atoms with Crippen LogP contribution in [0.25, 0.3) is 0 Å². The quantitative estimate of drug-likeness (QED) is 0.727. The van der Waals surface area contributed by atoms with E-state index in [1.54, 1.807) is 6.07 Å². The van der Waals surface area contributed by atoms with Gasteiger partial charge in [-0.25, -0.2) is 5.01 Å². The summed E-state index contributed by atoms with van der Waals surface area (Å²) in [6.07, 6.45) is 0.760. The van der Waals surface area contributed by atoms with Gasteiger partial charge in [0.2, 0.25) is 0 Å². The summed E-state index contributed by atoms with van der Waals surface area (Å²) in [5.41, 5.74) is 7.32. The molecule has 1 fully saturated rings. The lowest BCUT2D eigenvalue weighted by molar-refractivity contribution is 0.337. The van der Waals surface area contributed by atoms with E-state index in [2.05, 4.69) is 49.7 Å². The van der Waals surface area contributed by atoms with Crippen molar-refractivity contribution in [2.75, 3.05) is 5.01 Å². The molecule has 0 spiro atoms. The van der Waals surface area contributed by atoms with Crippen molar-refractivity contribution >= 4 is 46.2 Å². The number of benzene rings is 2. The number of nitrogens with zero attached hydrogens (tertiary/aromatic N) is 1. The fourth-order valence-corrected chi connectivity index (χ4v) is 3.77. The van der Waals surface area contributed by atoms with E-state index in [9.17, 15) is 0 Å². The second-order valence-electron chi connectivity index (χ2n) is 6.03. The van der Waals surface area contributed by atoms with Gasteiger partial charge in [-0.15, -0.1) is 0 Å². The van der Waals surface area contributed by atoms with Gasteiger partial charge in [0.25, 0.3) is 0 Å². The van der Waals surface area contributed by atoms with Crippen molar-refractivity contribution in [1.82, 2.24) is 10.7 Å². The van der Waals surface area contributed by atoms with Gasteiger partial charge in [-0.2, -0.15) is 5.43 Å². The Labute approximate surface area is 157 Å². The highest BCUT2D eigenvalue weighted by atomic mass is 35.5. The number of rotatable bonds is 3. The molecule has 0 saturated carbocycles. The lowest BCUT2D eigenvalue weighted by Gasteiger charge is -2.30. The molecule has 6 heteroatoms. The van der Waals surface area contributed by atoms with Crippen molar-refractivity contribution in [2.24, 2.45) is 0 Å². The van der Waals surface area contributed by atoms with Gasteiger partial charge in [0.05, 0.1) is 5.69 Å². The van der Waals surface area contributed by atoms with E-state index >= 15 is 0 Å². The van der Waals surface area contributed by atoms with Crippen LogP contribution in [0.4, 0.5) is 5.69 Å². The Morgan fingerprint density at radius 2 is 1.83 bits per heavy atom. The average Bonchev–Trinajstić information content (AvgIpc) is 2.88. The first-order valence-electron chi connectivity index (χ1n) is 7.79. The normalized spacial score (nSPS) is 20.4. The van der Waals surface area contributed by atoms with E-state index in [0.29, 0.717) is 15.2 Å². The lowest BCUT2D eigenvalue weighted by atomic mass is 9.97. The number of hydrazine groups is 1. The molecule has 3 nitrogen and oxygen atoms in total. The zero-order valence-electron chi connectivity index (χ0n) is 13.8. The number of aryl methyl sites for hydroxylation is 2. The Kier molecular flexibility index (Phi) is 4.76. The molecule has 0 amide bonds. The van der Waals surface area contributed by atoms with Crippen LogP contribution in [-0.2, 0) is 5.66 Å². The van der Waals surface area contributed by atoms with Gasteiger partial charge in [-0.3, -0.25) is 0 Å². The Morgan fingerprint density at radius 3 is 2.46 bits per heavy atom. The maximum Gasteiger partial charge on any atom is 0.190 e. The van der Waals surface area contributed by atoms with Crippen molar-refractivity contribution in [2.45, 2.75) is 32.9 Å². The molecular weight excluding hydrogens is 361 g/mol. The van der Waals surface area contributed by atoms with Gasteiger partial charge in [-0.05, 0) is 67.9 Å². The van der Waals surface area contributed by atoms with Crippen molar-refractivity contribution in [3.63, 3.8) is 0 Å². The van der Waals surface area contributed by atoms with Crippen LogP contribution in [0.2, 0.25) is 10.0 Å². The van der Waals surface area contributed by atoms with Crippen LogP contribution >= 0.6 is 35.4 Å². The van der Waals surface area contributed by atoms with E-state index < -0.39 is 5.66 Å².